The summed E-state index contributed by atoms with van der Waals surface area (Å²) in [5.74, 6) is -0.880. The summed E-state index contributed by atoms with van der Waals surface area (Å²) in [4.78, 5) is 38.1. The summed E-state index contributed by atoms with van der Waals surface area (Å²) in [6.45, 7) is 6.38. The molecule has 0 N–H and O–H groups in total. The molecule has 0 aromatic carbocycles. The van der Waals surface area contributed by atoms with E-state index in [1.54, 1.807) is 0 Å². The lowest BCUT2D eigenvalue weighted by molar-refractivity contribution is -0.167. The fraction of sp³-hybridized carbons (Fsp3) is 0.724. The highest BCUT2D eigenvalue weighted by atomic mass is 16.6. The van der Waals surface area contributed by atoms with E-state index in [2.05, 4.69) is 130 Å². The van der Waals surface area contributed by atoms with Gasteiger partial charge in [0.2, 0.25) is 0 Å². The lowest BCUT2D eigenvalue weighted by Gasteiger charge is -2.18. The van der Waals surface area contributed by atoms with Gasteiger partial charge in [-0.05, 0) is 103 Å². The summed E-state index contributed by atoms with van der Waals surface area (Å²) in [6, 6.07) is 0. The minimum absolute atomic E-state index is 0.0769. The standard InChI is InChI=1S/C76H130O6/c1-4-7-10-13-16-18-20-22-24-26-28-30-32-34-35-36-37-38-39-40-41-43-44-46-48-50-52-54-56-58-60-63-66-69-75(78)81-72-73(71-80-74(77)68-65-62-15-12-9-6-3)82-76(79)70-67-64-61-59-57-55-53-51-49-47-45-42-33-31-29-27-25-23-21-19-17-14-11-8-5-2/h7-8,10-11,16-19,22-25,28-31,42,45,73H,4-6,9,12-15,20-21,26-27,32-41,43-44,46-72H2,1-3H3/b10-7-,11-8-,18-16-,19-17-,24-22-,25-23-,30-28-,31-29-,45-42-. The van der Waals surface area contributed by atoms with Crippen LogP contribution in [0.4, 0.5) is 0 Å². The van der Waals surface area contributed by atoms with Crippen LogP contribution in [0.5, 0.6) is 0 Å². The summed E-state index contributed by atoms with van der Waals surface area (Å²) in [6.07, 6.45) is 95.9. The monoisotopic (exact) mass is 1140 g/mol. The van der Waals surface area contributed by atoms with Crippen LogP contribution in [-0.4, -0.2) is 37.2 Å². The first kappa shape index (κ1) is 78.1. The van der Waals surface area contributed by atoms with E-state index < -0.39 is 6.10 Å². The van der Waals surface area contributed by atoms with Gasteiger partial charge in [0.25, 0.3) is 0 Å². The number of unbranched alkanes of at least 4 members (excludes halogenated alkanes) is 34. The van der Waals surface area contributed by atoms with Crippen LogP contribution >= 0.6 is 0 Å². The number of rotatable bonds is 63. The summed E-state index contributed by atoms with van der Waals surface area (Å²) in [5, 5.41) is 0. The SMILES string of the molecule is CC/C=C\C/C=C\C/C=C\C/C=C\C/C=C\CCCCCCCCCCCC(=O)OC(COC(=O)CCCCCCCC)COC(=O)CCCCCCCCCCCCCCCCCCCCCC/C=C\C/C=C\C/C=C\C/C=C\CC. The number of esters is 3. The van der Waals surface area contributed by atoms with E-state index in [9.17, 15) is 14.4 Å². The molecule has 6 nitrogen and oxygen atoms in total. The molecule has 0 rings (SSSR count). The molecule has 0 saturated carbocycles. The molecule has 0 spiro atoms. The Labute approximate surface area is 508 Å². The van der Waals surface area contributed by atoms with Gasteiger partial charge >= 0.3 is 17.9 Å². The molecule has 470 valence electrons. The van der Waals surface area contributed by atoms with Crippen molar-refractivity contribution >= 4 is 17.9 Å². The molecular weight excluding hydrogens is 1010 g/mol. The van der Waals surface area contributed by atoms with Crippen LogP contribution in [0.1, 0.15) is 335 Å². The van der Waals surface area contributed by atoms with Gasteiger partial charge < -0.3 is 14.2 Å². The number of carbonyl (C=O) groups is 3. The second-order valence-electron chi connectivity index (χ2n) is 23.0. The van der Waals surface area contributed by atoms with Gasteiger partial charge in [-0.1, -0.05) is 323 Å². The van der Waals surface area contributed by atoms with Gasteiger partial charge in [-0.2, -0.15) is 0 Å². The third kappa shape index (κ3) is 66.9. The number of hydrogen-bond acceptors (Lipinski definition) is 6. The molecule has 0 aliphatic carbocycles. The van der Waals surface area contributed by atoms with Crippen molar-refractivity contribution in [1.82, 2.24) is 0 Å². The molecule has 0 heterocycles. The summed E-state index contributed by atoms with van der Waals surface area (Å²) >= 11 is 0. The smallest absolute Gasteiger partial charge is 0.306 e. The Morgan fingerprint density at radius 2 is 0.476 bits per heavy atom. The van der Waals surface area contributed by atoms with Crippen molar-refractivity contribution in [2.45, 2.75) is 341 Å². The highest BCUT2D eigenvalue weighted by Gasteiger charge is 2.19. The fourth-order valence-electron chi connectivity index (χ4n) is 9.88. The molecular formula is C76H130O6. The number of hydrogen-bond donors (Lipinski definition) is 0. The van der Waals surface area contributed by atoms with E-state index in [0.717, 1.165) is 122 Å². The maximum Gasteiger partial charge on any atom is 0.306 e. The summed E-state index contributed by atoms with van der Waals surface area (Å²) in [7, 11) is 0. The lowest BCUT2D eigenvalue weighted by atomic mass is 10.0. The zero-order valence-corrected chi connectivity index (χ0v) is 54.0. The Kier molecular flexibility index (Phi) is 66.2. The van der Waals surface area contributed by atoms with Gasteiger partial charge in [0, 0.05) is 19.3 Å². The van der Waals surface area contributed by atoms with Crippen molar-refractivity contribution in [3.63, 3.8) is 0 Å². The maximum absolute atomic E-state index is 12.9. The van der Waals surface area contributed by atoms with Crippen molar-refractivity contribution in [1.29, 1.82) is 0 Å². The van der Waals surface area contributed by atoms with E-state index in [4.69, 9.17) is 14.2 Å². The molecule has 0 aromatic heterocycles. The Hall–Kier alpha value is -3.93. The molecule has 82 heavy (non-hydrogen) atoms. The van der Waals surface area contributed by atoms with E-state index >= 15 is 0 Å². The molecule has 0 aliphatic rings. The predicted octanol–water partition coefficient (Wildman–Crippen LogP) is 24.2. The Morgan fingerprint density at radius 1 is 0.256 bits per heavy atom. The molecule has 1 unspecified atom stereocenters. The van der Waals surface area contributed by atoms with E-state index in [-0.39, 0.29) is 31.1 Å². The van der Waals surface area contributed by atoms with Gasteiger partial charge in [-0.25, -0.2) is 0 Å². The number of ether oxygens (including phenoxy) is 3. The van der Waals surface area contributed by atoms with Gasteiger partial charge in [0.15, 0.2) is 6.10 Å². The van der Waals surface area contributed by atoms with Crippen LogP contribution in [0, 0.1) is 0 Å². The number of carbonyl (C=O) groups excluding carboxylic acids is 3. The summed E-state index contributed by atoms with van der Waals surface area (Å²) < 4.78 is 16.8. The predicted molar refractivity (Wildman–Crippen MR) is 357 cm³/mol. The van der Waals surface area contributed by atoms with Crippen molar-refractivity contribution < 1.29 is 28.6 Å². The highest BCUT2D eigenvalue weighted by molar-refractivity contribution is 5.71. The van der Waals surface area contributed by atoms with Crippen LogP contribution in [0.2, 0.25) is 0 Å². The largest absolute Gasteiger partial charge is 0.462 e. The quantitative estimate of drug-likeness (QED) is 0.0261. The van der Waals surface area contributed by atoms with Crippen LogP contribution < -0.4 is 0 Å². The van der Waals surface area contributed by atoms with Gasteiger partial charge in [0.1, 0.15) is 13.2 Å². The number of allylic oxidation sites excluding steroid dienone is 18. The normalized spacial score (nSPS) is 12.8. The molecule has 6 heteroatoms. The zero-order valence-electron chi connectivity index (χ0n) is 54.0. The van der Waals surface area contributed by atoms with Crippen molar-refractivity contribution in [3.05, 3.63) is 109 Å². The third-order valence-electron chi connectivity index (χ3n) is 15.0. The molecule has 0 aliphatic heterocycles. The Balaban J connectivity index is 4.01. The van der Waals surface area contributed by atoms with Crippen molar-refractivity contribution in [2.24, 2.45) is 0 Å². The molecule has 0 aromatic rings. The lowest BCUT2D eigenvalue weighted by Crippen LogP contribution is -2.30. The first-order valence-electron chi connectivity index (χ1n) is 34.9. The van der Waals surface area contributed by atoms with Crippen LogP contribution in [0.3, 0.4) is 0 Å². The second-order valence-corrected chi connectivity index (χ2v) is 23.0. The average molecular weight is 1140 g/mol. The van der Waals surface area contributed by atoms with E-state index in [1.807, 2.05) is 0 Å². The van der Waals surface area contributed by atoms with E-state index in [1.165, 1.54) is 173 Å². The molecule has 0 bridgehead atoms. The highest BCUT2D eigenvalue weighted by Crippen LogP contribution is 2.17. The first-order chi connectivity index (χ1) is 40.5. The molecule has 0 fully saturated rings. The maximum atomic E-state index is 12.9. The molecule has 1 atom stereocenters. The third-order valence-corrected chi connectivity index (χ3v) is 15.0. The van der Waals surface area contributed by atoms with E-state index in [0.29, 0.717) is 19.3 Å². The second kappa shape index (κ2) is 69.6. The average Bonchev–Trinajstić information content (AvgIpc) is 3.47. The zero-order chi connectivity index (χ0) is 59.2. The minimum atomic E-state index is -0.778. The topological polar surface area (TPSA) is 78.9 Å². The molecule has 0 radical (unpaired) electrons. The molecule has 0 saturated heterocycles. The fourth-order valence-corrected chi connectivity index (χ4v) is 9.88. The van der Waals surface area contributed by atoms with Crippen LogP contribution in [0.25, 0.3) is 0 Å². The Morgan fingerprint density at radius 3 is 0.744 bits per heavy atom. The van der Waals surface area contributed by atoms with Crippen LogP contribution in [-0.2, 0) is 28.6 Å². The summed E-state index contributed by atoms with van der Waals surface area (Å²) in [5.41, 5.74) is 0. The van der Waals surface area contributed by atoms with Crippen LogP contribution in [0.15, 0.2) is 109 Å². The van der Waals surface area contributed by atoms with Gasteiger partial charge in [-0.3, -0.25) is 14.4 Å². The Bertz CT molecular complexity index is 1640. The van der Waals surface area contributed by atoms with Crippen molar-refractivity contribution in [3.8, 4) is 0 Å². The van der Waals surface area contributed by atoms with Crippen molar-refractivity contribution in [2.75, 3.05) is 13.2 Å². The first-order valence-corrected chi connectivity index (χ1v) is 34.9. The molecule has 0 amide bonds. The minimum Gasteiger partial charge on any atom is -0.462 e. The van der Waals surface area contributed by atoms with Gasteiger partial charge in [-0.15, -0.1) is 0 Å². The van der Waals surface area contributed by atoms with Gasteiger partial charge in [0.05, 0.1) is 0 Å².